The van der Waals surface area contributed by atoms with Crippen molar-refractivity contribution in [1.29, 1.82) is 0 Å². The molecule has 0 aliphatic heterocycles. The fraction of sp³-hybridized carbons (Fsp3) is 0.455. The van der Waals surface area contributed by atoms with Crippen molar-refractivity contribution in [3.8, 4) is 0 Å². The van der Waals surface area contributed by atoms with E-state index in [4.69, 9.17) is 4.74 Å². The molecule has 2 aromatic rings. The molecule has 1 unspecified atom stereocenters. The normalized spacial score (nSPS) is 12.3. The highest BCUT2D eigenvalue weighted by Gasteiger charge is 2.17. The molecule has 0 heterocycles. The second kappa shape index (κ2) is 10.4. The van der Waals surface area contributed by atoms with E-state index in [1.54, 1.807) is 0 Å². The number of nitrogens with one attached hydrogen (secondary N) is 1. The second-order valence-corrected chi connectivity index (χ2v) is 6.67. The minimum atomic E-state index is -0.485. The Hall–Kier alpha value is -1.78. The van der Waals surface area contributed by atoms with Crippen molar-refractivity contribution in [2.45, 2.75) is 46.1 Å². The van der Waals surface area contributed by atoms with Gasteiger partial charge in [-0.15, -0.1) is 0 Å². The summed E-state index contributed by atoms with van der Waals surface area (Å²) in [5, 5.41) is 3.42. The van der Waals surface area contributed by atoms with Gasteiger partial charge in [0.05, 0.1) is 6.10 Å². The van der Waals surface area contributed by atoms with Crippen LogP contribution < -0.4 is 5.32 Å². The van der Waals surface area contributed by atoms with Crippen LogP contribution in [-0.4, -0.2) is 19.7 Å². The maximum absolute atomic E-state index is 13.7. The molecule has 0 fully saturated rings. The third-order valence-electron chi connectivity index (χ3n) is 4.57. The van der Waals surface area contributed by atoms with Gasteiger partial charge in [0.1, 0.15) is 11.6 Å². The summed E-state index contributed by atoms with van der Waals surface area (Å²) in [6.45, 7) is 8.43. The average molecular weight is 361 g/mol. The second-order valence-electron chi connectivity index (χ2n) is 6.67. The Morgan fingerprint density at radius 3 is 2.23 bits per heavy atom. The zero-order chi connectivity index (χ0) is 18.9. The lowest BCUT2D eigenvalue weighted by Gasteiger charge is -2.23. The quantitative estimate of drug-likeness (QED) is 0.582. The molecule has 0 saturated carbocycles. The van der Waals surface area contributed by atoms with E-state index in [2.05, 4.69) is 38.2 Å². The fourth-order valence-corrected chi connectivity index (χ4v) is 3.24. The smallest absolute Gasteiger partial charge is 0.129 e. The molecule has 2 aromatic carbocycles. The van der Waals surface area contributed by atoms with Gasteiger partial charge in [-0.3, -0.25) is 0 Å². The van der Waals surface area contributed by atoms with Gasteiger partial charge < -0.3 is 10.1 Å². The Bertz CT molecular complexity index is 662. The predicted molar refractivity (Wildman–Crippen MR) is 102 cm³/mol. The Labute approximate surface area is 155 Å². The van der Waals surface area contributed by atoms with Crippen LogP contribution in [0.2, 0.25) is 0 Å². The highest BCUT2D eigenvalue weighted by Crippen LogP contribution is 2.25. The van der Waals surface area contributed by atoms with Gasteiger partial charge in [0.25, 0.3) is 0 Å². The maximum Gasteiger partial charge on any atom is 0.129 e. The Kier molecular flexibility index (Phi) is 8.20. The monoisotopic (exact) mass is 361 g/mol. The van der Waals surface area contributed by atoms with E-state index < -0.39 is 11.6 Å². The molecule has 0 bridgehead atoms. The summed E-state index contributed by atoms with van der Waals surface area (Å²) in [5.74, 6) is -0.971. The first-order chi connectivity index (χ1) is 12.5. The van der Waals surface area contributed by atoms with Crippen LogP contribution in [0.15, 0.2) is 36.4 Å². The molecule has 142 valence electrons. The maximum atomic E-state index is 13.7. The topological polar surface area (TPSA) is 21.3 Å². The number of benzene rings is 2. The van der Waals surface area contributed by atoms with Crippen molar-refractivity contribution in [2.75, 3.05) is 19.7 Å². The van der Waals surface area contributed by atoms with Crippen molar-refractivity contribution in [2.24, 2.45) is 0 Å². The van der Waals surface area contributed by atoms with Crippen LogP contribution in [0.4, 0.5) is 8.78 Å². The lowest BCUT2D eigenvalue weighted by molar-refractivity contribution is 0.0502. The van der Waals surface area contributed by atoms with Crippen LogP contribution in [0.3, 0.4) is 0 Å². The molecular weight excluding hydrogens is 332 g/mol. The first kappa shape index (κ1) is 20.5. The summed E-state index contributed by atoms with van der Waals surface area (Å²) in [4.78, 5) is 0. The molecule has 0 aliphatic carbocycles. The number of aryl methyl sites for hydroxylation is 2. The zero-order valence-electron chi connectivity index (χ0n) is 15.9. The molecule has 4 heteroatoms. The largest absolute Gasteiger partial charge is 0.372 e. The summed E-state index contributed by atoms with van der Waals surface area (Å²) < 4.78 is 33.6. The average Bonchev–Trinajstić information content (AvgIpc) is 2.60. The van der Waals surface area contributed by atoms with Crippen LogP contribution in [0.25, 0.3) is 0 Å². The highest BCUT2D eigenvalue weighted by molar-refractivity contribution is 5.35. The van der Waals surface area contributed by atoms with Gasteiger partial charge in [-0.05, 0) is 68.5 Å². The number of hydrogen-bond acceptors (Lipinski definition) is 2. The van der Waals surface area contributed by atoms with E-state index in [1.807, 2.05) is 6.07 Å². The third kappa shape index (κ3) is 5.61. The standard InChI is InChI=1S/C22H29F2NO/c1-4-13-25-15-21(22-16(2)8-5-9-17(22)3)26-14-7-10-18-19(23)11-6-12-20(18)24/h5-6,8-9,11-12,21,25H,4,7,10,13-15H2,1-3H3. The fourth-order valence-electron chi connectivity index (χ4n) is 3.24. The van der Waals surface area contributed by atoms with E-state index in [0.29, 0.717) is 19.4 Å². The van der Waals surface area contributed by atoms with Gasteiger partial charge in [0.15, 0.2) is 0 Å². The van der Waals surface area contributed by atoms with E-state index in [9.17, 15) is 8.78 Å². The summed E-state index contributed by atoms with van der Waals surface area (Å²) in [6, 6.07) is 10.2. The van der Waals surface area contributed by atoms with E-state index in [1.165, 1.54) is 34.9 Å². The molecule has 0 spiro atoms. The molecule has 0 saturated heterocycles. The Balaban J connectivity index is 1.98. The molecule has 1 N–H and O–H groups in total. The van der Waals surface area contributed by atoms with Gasteiger partial charge in [-0.2, -0.15) is 0 Å². The van der Waals surface area contributed by atoms with Crippen molar-refractivity contribution in [3.05, 3.63) is 70.3 Å². The van der Waals surface area contributed by atoms with Gasteiger partial charge in [0.2, 0.25) is 0 Å². The van der Waals surface area contributed by atoms with Crippen LogP contribution in [0.5, 0.6) is 0 Å². The van der Waals surface area contributed by atoms with Crippen LogP contribution >= 0.6 is 0 Å². The molecule has 0 amide bonds. The SMILES string of the molecule is CCCNCC(OCCCc1c(F)cccc1F)c1c(C)cccc1C. The van der Waals surface area contributed by atoms with Crippen molar-refractivity contribution < 1.29 is 13.5 Å². The minimum absolute atomic E-state index is 0.0618. The van der Waals surface area contributed by atoms with Crippen molar-refractivity contribution in [1.82, 2.24) is 5.32 Å². The lowest BCUT2D eigenvalue weighted by Crippen LogP contribution is -2.25. The molecule has 0 aliphatic rings. The van der Waals surface area contributed by atoms with Crippen molar-refractivity contribution in [3.63, 3.8) is 0 Å². The number of ether oxygens (including phenoxy) is 1. The van der Waals surface area contributed by atoms with Gasteiger partial charge in [-0.1, -0.05) is 31.2 Å². The predicted octanol–water partition coefficient (Wildman–Crippen LogP) is 5.27. The van der Waals surface area contributed by atoms with Crippen LogP contribution in [0.1, 0.15) is 48.1 Å². The van der Waals surface area contributed by atoms with Gasteiger partial charge in [0, 0.05) is 18.7 Å². The molecule has 2 nitrogen and oxygen atoms in total. The number of rotatable bonds is 10. The summed E-state index contributed by atoms with van der Waals surface area (Å²) in [7, 11) is 0. The van der Waals surface area contributed by atoms with Gasteiger partial charge in [-0.25, -0.2) is 8.78 Å². The van der Waals surface area contributed by atoms with E-state index >= 15 is 0 Å². The van der Waals surface area contributed by atoms with Crippen LogP contribution in [0, 0.1) is 25.5 Å². The van der Waals surface area contributed by atoms with Crippen LogP contribution in [-0.2, 0) is 11.2 Å². The van der Waals surface area contributed by atoms with Crippen molar-refractivity contribution >= 4 is 0 Å². The van der Waals surface area contributed by atoms with E-state index in [0.717, 1.165) is 19.5 Å². The molecule has 26 heavy (non-hydrogen) atoms. The number of halogens is 2. The van der Waals surface area contributed by atoms with Gasteiger partial charge >= 0.3 is 0 Å². The molecule has 0 aromatic heterocycles. The summed E-state index contributed by atoms with van der Waals surface area (Å²) >= 11 is 0. The molecule has 2 rings (SSSR count). The zero-order valence-corrected chi connectivity index (χ0v) is 15.9. The molecule has 0 radical (unpaired) electrons. The summed E-state index contributed by atoms with van der Waals surface area (Å²) in [6.07, 6.45) is 1.91. The van der Waals surface area contributed by atoms with E-state index in [-0.39, 0.29) is 11.7 Å². The summed E-state index contributed by atoms with van der Waals surface area (Å²) in [5.41, 5.74) is 3.75. The number of hydrogen-bond donors (Lipinski definition) is 1. The minimum Gasteiger partial charge on any atom is -0.372 e. The lowest BCUT2D eigenvalue weighted by atomic mass is 9.97. The molecular formula is C22H29F2NO. The first-order valence-electron chi connectivity index (χ1n) is 9.36. The Morgan fingerprint density at radius 2 is 1.62 bits per heavy atom. The first-order valence-corrected chi connectivity index (χ1v) is 9.36. The highest BCUT2D eigenvalue weighted by atomic mass is 19.1. The Morgan fingerprint density at radius 1 is 1.00 bits per heavy atom. The third-order valence-corrected chi connectivity index (χ3v) is 4.57. The molecule has 1 atom stereocenters.